The van der Waals surface area contributed by atoms with Crippen LogP contribution in [0, 0.1) is 6.92 Å². The summed E-state index contributed by atoms with van der Waals surface area (Å²) >= 11 is 1.76. The minimum Gasteiger partial charge on any atom is -0.454 e. The van der Waals surface area contributed by atoms with Crippen molar-refractivity contribution in [2.75, 3.05) is 0 Å². The van der Waals surface area contributed by atoms with Crippen LogP contribution in [0.1, 0.15) is 29.3 Å². The van der Waals surface area contributed by atoms with E-state index in [1.807, 2.05) is 18.2 Å². The minimum atomic E-state index is 0.716. The van der Waals surface area contributed by atoms with E-state index in [0.717, 1.165) is 17.0 Å². The summed E-state index contributed by atoms with van der Waals surface area (Å²) in [5, 5.41) is 4.58. The number of aryl methyl sites for hydroxylation is 1. The first kappa shape index (κ1) is 10.3. The lowest BCUT2D eigenvalue weighted by Crippen LogP contribution is -1.80. The highest BCUT2D eigenvalue weighted by molar-refractivity contribution is 7.10. The molecule has 2 heterocycles. The molecular formula is C15H13NOS. The number of thiazole rings is 1. The zero-order valence-electron chi connectivity index (χ0n) is 10.1. The highest BCUT2D eigenvalue weighted by atomic mass is 32.1. The molecule has 0 aliphatic heterocycles. The lowest BCUT2D eigenvalue weighted by molar-refractivity contribution is 0.626. The lowest BCUT2D eigenvalue weighted by Gasteiger charge is -1.92. The smallest absolute Gasteiger partial charge is 0.157 e. The van der Waals surface area contributed by atoms with Gasteiger partial charge in [0.15, 0.2) is 5.76 Å². The SMILES string of the molecule is Cc1c(-c2csc(C3CC3)n2)oc2ccccc12. The topological polar surface area (TPSA) is 26.0 Å². The fourth-order valence-corrected chi connectivity index (χ4v) is 3.30. The number of benzene rings is 1. The van der Waals surface area contributed by atoms with Gasteiger partial charge in [-0.2, -0.15) is 0 Å². The molecule has 0 spiro atoms. The van der Waals surface area contributed by atoms with Crippen LogP contribution in [0.5, 0.6) is 0 Å². The molecule has 0 saturated heterocycles. The third-order valence-corrected chi connectivity index (χ3v) is 4.53. The number of hydrogen-bond acceptors (Lipinski definition) is 3. The van der Waals surface area contributed by atoms with E-state index < -0.39 is 0 Å². The van der Waals surface area contributed by atoms with E-state index in [1.54, 1.807) is 11.3 Å². The van der Waals surface area contributed by atoms with Crippen molar-refractivity contribution in [3.8, 4) is 11.5 Å². The number of aromatic nitrogens is 1. The summed E-state index contributed by atoms with van der Waals surface area (Å²) in [5.41, 5.74) is 3.14. The van der Waals surface area contributed by atoms with Gasteiger partial charge in [0.05, 0.1) is 5.01 Å². The predicted molar refractivity (Wildman–Crippen MR) is 74.0 cm³/mol. The third-order valence-electron chi connectivity index (χ3n) is 3.52. The molecular weight excluding hydrogens is 242 g/mol. The Hall–Kier alpha value is -1.61. The standard InChI is InChI=1S/C15H13NOS/c1-9-11-4-2-3-5-13(11)17-14(9)12-8-18-15(16-12)10-6-7-10/h2-5,8,10H,6-7H2,1H3. The monoisotopic (exact) mass is 255 g/mol. The first-order valence-corrected chi connectivity index (χ1v) is 7.15. The van der Waals surface area contributed by atoms with Crippen LogP contribution in [-0.4, -0.2) is 4.98 Å². The van der Waals surface area contributed by atoms with Crippen molar-refractivity contribution in [1.29, 1.82) is 0 Å². The quantitative estimate of drug-likeness (QED) is 0.661. The minimum absolute atomic E-state index is 0.716. The number of hydrogen-bond donors (Lipinski definition) is 0. The fraction of sp³-hybridized carbons (Fsp3) is 0.267. The zero-order chi connectivity index (χ0) is 12.1. The van der Waals surface area contributed by atoms with Gasteiger partial charge in [0.2, 0.25) is 0 Å². The van der Waals surface area contributed by atoms with E-state index in [4.69, 9.17) is 9.40 Å². The molecule has 1 fully saturated rings. The summed E-state index contributed by atoms with van der Waals surface area (Å²) in [5.74, 6) is 1.65. The van der Waals surface area contributed by atoms with Crippen molar-refractivity contribution in [2.45, 2.75) is 25.7 Å². The van der Waals surface area contributed by atoms with Crippen LogP contribution in [0.15, 0.2) is 34.1 Å². The molecule has 4 rings (SSSR count). The Labute approximate surface area is 109 Å². The van der Waals surface area contributed by atoms with Gasteiger partial charge in [-0.15, -0.1) is 11.3 Å². The van der Waals surface area contributed by atoms with Crippen molar-refractivity contribution in [2.24, 2.45) is 0 Å². The third kappa shape index (κ3) is 1.51. The molecule has 0 amide bonds. The Kier molecular flexibility index (Phi) is 2.12. The predicted octanol–water partition coefficient (Wildman–Crippen LogP) is 4.74. The summed E-state index contributed by atoms with van der Waals surface area (Å²) in [6, 6.07) is 8.17. The molecule has 1 aliphatic carbocycles. The van der Waals surface area contributed by atoms with Crippen LogP contribution in [0.4, 0.5) is 0 Å². The van der Waals surface area contributed by atoms with Gasteiger partial charge in [0.25, 0.3) is 0 Å². The Bertz CT molecular complexity index is 721. The Morgan fingerprint density at radius 2 is 2.11 bits per heavy atom. The first-order valence-electron chi connectivity index (χ1n) is 6.27. The van der Waals surface area contributed by atoms with Gasteiger partial charge in [-0.3, -0.25) is 0 Å². The van der Waals surface area contributed by atoms with Crippen LogP contribution in [0.3, 0.4) is 0 Å². The average Bonchev–Trinajstić information content (AvgIpc) is 3.04. The van der Waals surface area contributed by atoms with Crippen LogP contribution in [0.2, 0.25) is 0 Å². The molecule has 0 N–H and O–H groups in total. The summed E-state index contributed by atoms with van der Waals surface area (Å²) in [7, 11) is 0. The second kappa shape index (κ2) is 3.69. The van der Waals surface area contributed by atoms with E-state index >= 15 is 0 Å². The maximum absolute atomic E-state index is 5.94. The summed E-state index contributed by atoms with van der Waals surface area (Å²) < 4.78 is 5.94. The molecule has 0 unspecified atom stereocenters. The van der Waals surface area contributed by atoms with Gasteiger partial charge in [-0.25, -0.2) is 4.98 Å². The number of para-hydroxylation sites is 1. The molecule has 3 heteroatoms. The maximum atomic E-state index is 5.94. The Balaban J connectivity index is 1.87. The van der Waals surface area contributed by atoms with Crippen LogP contribution in [-0.2, 0) is 0 Å². The van der Waals surface area contributed by atoms with E-state index in [9.17, 15) is 0 Å². The van der Waals surface area contributed by atoms with Gasteiger partial charge in [0.1, 0.15) is 11.3 Å². The van der Waals surface area contributed by atoms with Gasteiger partial charge >= 0.3 is 0 Å². The molecule has 0 bridgehead atoms. The highest BCUT2D eigenvalue weighted by Crippen LogP contribution is 2.43. The molecule has 90 valence electrons. The van der Waals surface area contributed by atoms with E-state index in [-0.39, 0.29) is 0 Å². The fourth-order valence-electron chi connectivity index (χ4n) is 2.33. The van der Waals surface area contributed by atoms with Gasteiger partial charge in [-0.05, 0) is 25.8 Å². The molecule has 0 atom stereocenters. The normalized spacial score (nSPS) is 15.4. The van der Waals surface area contributed by atoms with E-state index in [0.29, 0.717) is 5.92 Å². The maximum Gasteiger partial charge on any atom is 0.157 e. The molecule has 1 saturated carbocycles. The molecule has 2 nitrogen and oxygen atoms in total. The first-order chi connectivity index (χ1) is 8.83. The van der Waals surface area contributed by atoms with Gasteiger partial charge in [-0.1, -0.05) is 18.2 Å². The molecule has 0 radical (unpaired) electrons. The Morgan fingerprint density at radius 3 is 2.89 bits per heavy atom. The van der Waals surface area contributed by atoms with E-state index in [1.165, 1.54) is 28.8 Å². The summed E-state index contributed by atoms with van der Waals surface area (Å²) in [6.07, 6.45) is 2.60. The molecule has 1 aliphatic rings. The number of nitrogens with zero attached hydrogens (tertiary/aromatic N) is 1. The highest BCUT2D eigenvalue weighted by Gasteiger charge is 2.27. The molecule has 2 aromatic heterocycles. The zero-order valence-corrected chi connectivity index (χ0v) is 11.0. The summed E-state index contributed by atoms with van der Waals surface area (Å²) in [6.45, 7) is 2.11. The van der Waals surface area contributed by atoms with Crippen molar-refractivity contribution in [3.63, 3.8) is 0 Å². The van der Waals surface area contributed by atoms with E-state index in [2.05, 4.69) is 18.4 Å². The molecule has 18 heavy (non-hydrogen) atoms. The summed E-state index contributed by atoms with van der Waals surface area (Å²) in [4.78, 5) is 4.72. The largest absolute Gasteiger partial charge is 0.454 e. The average molecular weight is 255 g/mol. The second-order valence-corrected chi connectivity index (χ2v) is 5.79. The van der Waals surface area contributed by atoms with Crippen molar-refractivity contribution in [3.05, 3.63) is 40.2 Å². The number of rotatable bonds is 2. The number of fused-ring (bicyclic) bond motifs is 1. The molecule has 1 aromatic carbocycles. The van der Waals surface area contributed by atoms with Crippen LogP contribution in [0.25, 0.3) is 22.4 Å². The second-order valence-electron chi connectivity index (χ2n) is 4.90. The van der Waals surface area contributed by atoms with Crippen LogP contribution < -0.4 is 0 Å². The van der Waals surface area contributed by atoms with Gasteiger partial charge < -0.3 is 4.42 Å². The van der Waals surface area contributed by atoms with Gasteiger partial charge in [0, 0.05) is 22.2 Å². The van der Waals surface area contributed by atoms with Crippen molar-refractivity contribution >= 4 is 22.3 Å². The van der Waals surface area contributed by atoms with Crippen LogP contribution >= 0.6 is 11.3 Å². The number of furan rings is 1. The van der Waals surface area contributed by atoms with Crippen molar-refractivity contribution < 1.29 is 4.42 Å². The van der Waals surface area contributed by atoms with Crippen molar-refractivity contribution in [1.82, 2.24) is 4.98 Å². The lowest BCUT2D eigenvalue weighted by atomic mass is 10.1. The molecule has 3 aromatic rings. The Morgan fingerprint density at radius 1 is 1.28 bits per heavy atom.